The van der Waals surface area contributed by atoms with Crippen molar-refractivity contribution in [1.29, 1.82) is 0 Å². The van der Waals surface area contributed by atoms with Crippen LogP contribution in [0, 0.1) is 55.4 Å². The molecule has 0 radical (unpaired) electrons. The summed E-state index contributed by atoms with van der Waals surface area (Å²) < 4.78 is 22.1. The van der Waals surface area contributed by atoms with Crippen molar-refractivity contribution in [2.75, 3.05) is 0 Å². The van der Waals surface area contributed by atoms with Crippen LogP contribution in [-0.4, -0.2) is 71.1 Å². The SMILES string of the molecule is C=CC[C@H](C)OC(=O)CC1=C(C)/C(=C/c2[n-]c(C)c(CC3=C(C)/C(=C/c4[n-]c(C)c(CC(=O)O[C@@H](C)CC=C)c4C)N=C3C)c2C)N=C1C.C=CC[C@H](C)OC(=O)CC1=C(C)/C(=C/c2[n-]c(C)c(CC3=C(C)/C(=C/c4[n-]c(C)c(CC(=O)O[C@@H](C)CC=C)c4C)N=C3C)c2C)N=C1C.[Zn+2].[Zn+2]. The topological polar surface area (TPSA) is 211 Å². The van der Waals surface area contributed by atoms with Crippen LogP contribution in [0.1, 0.15) is 212 Å². The Morgan fingerprint density at radius 3 is 0.800 bits per heavy atom. The maximum Gasteiger partial charge on any atom is 2.00 e. The maximum absolute atomic E-state index is 12.6. The average molecular weight is 1460 g/mol. The second kappa shape index (κ2) is 36.4. The Bertz CT molecular complexity index is 4020. The summed E-state index contributed by atoms with van der Waals surface area (Å²) in [6, 6.07) is 0. The summed E-state index contributed by atoms with van der Waals surface area (Å²) >= 11 is 0. The molecule has 0 fully saturated rings. The third-order valence-corrected chi connectivity index (χ3v) is 18.9. The van der Waals surface area contributed by atoms with Crippen LogP contribution in [0.2, 0.25) is 0 Å². The van der Waals surface area contributed by atoms with E-state index in [-0.39, 0.29) is 113 Å². The van der Waals surface area contributed by atoms with Crippen LogP contribution < -0.4 is 19.9 Å². The molecule has 0 N–H and O–H groups in total. The van der Waals surface area contributed by atoms with Gasteiger partial charge in [-0.25, -0.2) is 0 Å². The molecule has 4 aliphatic heterocycles. The van der Waals surface area contributed by atoms with E-state index < -0.39 is 0 Å². The van der Waals surface area contributed by atoms with E-state index in [1.807, 2.05) is 135 Å². The number of hydrogen-bond acceptors (Lipinski definition) is 12. The zero-order valence-electron chi connectivity index (χ0n) is 63.1. The van der Waals surface area contributed by atoms with Crippen molar-refractivity contribution >= 4 is 71.0 Å². The fourth-order valence-corrected chi connectivity index (χ4v) is 12.9. The molecule has 4 aromatic heterocycles. The van der Waals surface area contributed by atoms with Crippen molar-refractivity contribution in [3.63, 3.8) is 0 Å². The molecule has 0 aliphatic carbocycles. The zero-order valence-corrected chi connectivity index (χ0v) is 69.0. The minimum atomic E-state index is -0.264. The smallest absolute Gasteiger partial charge is 0.661 e. The van der Waals surface area contributed by atoms with E-state index in [0.717, 1.165) is 158 Å². The van der Waals surface area contributed by atoms with Crippen molar-refractivity contribution < 1.29 is 77.1 Å². The number of aryl methyl sites for hydroxylation is 4. The minimum Gasteiger partial charge on any atom is -0.661 e. The van der Waals surface area contributed by atoms with Gasteiger partial charge in [0.2, 0.25) is 0 Å². The molecule has 8 heterocycles. The fourth-order valence-electron chi connectivity index (χ4n) is 12.9. The Morgan fingerprint density at radius 2 is 0.550 bits per heavy atom. The molecule has 0 spiro atoms. The van der Waals surface area contributed by atoms with Crippen LogP contribution in [-0.2, 0) is 103 Å². The Hall–Kier alpha value is -8.19. The number of hydrogen-bond donors (Lipinski definition) is 0. The molecule has 4 aliphatic rings. The third kappa shape index (κ3) is 20.1. The average Bonchev–Trinajstić information content (AvgIpc) is 1.65. The molecule has 4 aromatic rings. The first-order chi connectivity index (χ1) is 46.3. The molecule has 8 rings (SSSR count). The molecular weight excluding hydrogens is 1360 g/mol. The van der Waals surface area contributed by atoms with Crippen LogP contribution in [0.25, 0.3) is 24.3 Å². The number of carbonyl (C=O) groups excluding carboxylic acids is 4. The van der Waals surface area contributed by atoms with Gasteiger partial charge < -0.3 is 38.9 Å². The zero-order chi connectivity index (χ0) is 72.3. The number of allylic oxidation sites excluding steroid dienone is 6. The molecule has 0 aromatic carbocycles. The first kappa shape index (κ1) is 82.5. The molecule has 0 unspecified atom stereocenters. The summed E-state index contributed by atoms with van der Waals surface area (Å²) in [5, 5.41) is 0. The molecule has 0 saturated carbocycles. The molecular formula is C82H100N8O8Zn2. The number of carbonyl (C=O) groups is 4. The number of nitrogens with zero attached hydrogens (tertiary/aromatic N) is 8. The van der Waals surface area contributed by atoms with Crippen LogP contribution in [0.4, 0.5) is 0 Å². The second-order valence-electron chi connectivity index (χ2n) is 26.4. The van der Waals surface area contributed by atoms with Gasteiger partial charge in [-0.2, -0.15) is 22.8 Å². The maximum atomic E-state index is 12.6. The molecule has 16 nitrogen and oxygen atoms in total. The monoisotopic (exact) mass is 1450 g/mol. The van der Waals surface area contributed by atoms with Crippen molar-refractivity contribution in [3.8, 4) is 0 Å². The summed E-state index contributed by atoms with van der Waals surface area (Å²) in [4.78, 5) is 89.3. The van der Waals surface area contributed by atoms with Crippen molar-refractivity contribution in [2.24, 2.45) is 20.0 Å². The van der Waals surface area contributed by atoms with Crippen molar-refractivity contribution in [2.45, 2.75) is 227 Å². The van der Waals surface area contributed by atoms with Gasteiger partial charge in [-0.3, -0.25) is 39.1 Å². The predicted molar refractivity (Wildman–Crippen MR) is 398 cm³/mol. The summed E-state index contributed by atoms with van der Waals surface area (Å²) in [6.45, 7) is 54.6. The van der Waals surface area contributed by atoms with Gasteiger partial charge in [0.15, 0.2) is 0 Å². The normalized spacial score (nSPS) is 17.2. The number of aromatic nitrogens is 4. The van der Waals surface area contributed by atoms with Crippen LogP contribution in [0.5, 0.6) is 0 Å². The van der Waals surface area contributed by atoms with E-state index >= 15 is 0 Å². The van der Waals surface area contributed by atoms with Gasteiger partial charge in [0, 0.05) is 48.5 Å². The quantitative estimate of drug-likeness (QED) is 0.0225. The number of rotatable bonds is 28. The Kier molecular flexibility index (Phi) is 30.0. The summed E-state index contributed by atoms with van der Waals surface area (Å²) in [5.41, 5.74) is 30.5. The number of esters is 4. The van der Waals surface area contributed by atoms with Gasteiger partial charge >= 0.3 is 62.8 Å². The molecule has 4 atom stereocenters. The van der Waals surface area contributed by atoms with Gasteiger partial charge in [0.1, 0.15) is 24.4 Å². The first-order valence-corrected chi connectivity index (χ1v) is 33.9. The molecule has 100 heavy (non-hydrogen) atoms. The fraction of sp³-hybridized carbons (Fsp3) is 0.415. The molecule has 0 saturated heterocycles. The van der Waals surface area contributed by atoms with E-state index in [9.17, 15) is 19.2 Å². The number of aliphatic imine (C=N–C) groups is 4. The van der Waals surface area contributed by atoms with Gasteiger partial charge in [-0.05, 0) is 168 Å². The Balaban J connectivity index is 0.000000353. The van der Waals surface area contributed by atoms with E-state index in [1.165, 1.54) is 22.3 Å². The van der Waals surface area contributed by atoms with Gasteiger partial charge in [0.25, 0.3) is 0 Å². The van der Waals surface area contributed by atoms with Crippen LogP contribution in [0.15, 0.2) is 138 Å². The molecule has 18 heteroatoms. The molecule has 520 valence electrons. The Labute approximate surface area is 619 Å². The predicted octanol–water partition coefficient (Wildman–Crippen LogP) is 16.6. The standard InChI is InChI=1S/2C41H50N4O4.2Zn/c2*1-13-15-22(3)48-40(46)18-34-26(7)38(44-30(34)11)20-36-24(5)32(28(9)42-36)17-33-25(6)37(43-29(33)10)21-39-27(8)35(31(12)45-39)19-41(47)49-23(4)16-14-2;;/h2*13-14,20-23H,1-2,15-19H2,3-12H3;;/q2*-2;2*+2/t2*22-,23-;;/m00../s1. The summed E-state index contributed by atoms with van der Waals surface area (Å²) in [6.07, 6.45) is 18.9. The van der Waals surface area contributed by atoms with Gasteiger partial charge in [-0.1, -0.05) is 121 Å². The van der Waals surface area contributed by atoms with E-state index in [2.05, 4.69) is 54.0 Å². The first-order valence-electron chi connectivity index (χ1n) is 33.9. The van der Waals surface area contributed by atoms with Crippen molar-refractivity contribution in [1.82, 2.24) is 19.9 Å². The summed E-state index contributed by atoms with van der Waals surface area (Å²) in [5.74, 6) is -1.06. The van der Waals surface area contributed by atoms with E-state index in [4.69, 9.17) is 58.9 Å². The second-order valence-corrected chi connectivity index (χ2v) is 26.4. The largest absolute Gasteiger partial charge is 2.00 e. The Morgan fingerprint density at radius 1 is 0.340 bits per heavy atom. The van der Waals surface area contributed by atoms with E-state index in [1.54, 1.807) is 24.3 Å². The van der Waals surface area contributed by atoms with Gasteiger partial charge in [0.05, 0.1) is 48.5 Å². The van der Waals surface area contributed by atoms with Gasteiger partial charge in [-0.15, -0.1) is 49.1 Å². The van der Waals surface area contributed by atoms with Crippen LogP contribution in [0.3, 0.4) is 0 Å². The minimum absolute atomic E-state index is 0. The third-order valence-electron chi connectivity index (χ3n) is 18.9. The molecule has 0 amide bonds. The van der Waals surface area contributed by atoms with E-state index in [0.29, 0.717) is 38.5 Å². The summed E-state index contributed by atoms with van der Waals surface area (Å²) in [7, 11) is 0. The number of ether oxygens (including phenoxy) is 4. The molecule has 0 bridgehead atoms. The van der Waals surface area contributed by atoms with Crippen molar-refractivity contribution in [3.05, 3.63) is 208 Å². The van der Waals surface area contributed by atoms with Crippen LogP contribution >= 0.6 is 0 Å².